The molecule has 2 aliphatic rings. The van der Waals surface area contributed by atoms with E-state index in [2.05, 4.69) is 14.9 Å². The minimum atomic E-state index is -0.429. The summed E-state index contributed by atoms with van der Waals surface area (Å²) in [5, 5.41) is 11.2. The Morgan fingerprint density at radius 1 is 1.37 bits per heavy atom. The lowest BCUT2D eigenvalue weighted by Crippen LogP contribution is -2.35. The molecule has 3 rings (SSSR count). The van der Waals surface area contributed by atoms with E-state index in [1.54, 1.807) is 0 Å². The fourth-order valence-electron chi connectivity index (χ4n) is 3.35. The molecule has 6 nitrogen and oxygen atoms in total. The second-order valence-corrected chi connectivity index (χ2v) is 5.54. The van der Waals surface area contributed by atoms with Crippen molar-refractivity contribution in [2.45, 2.75) is 38.1 Å². The summed E-state index contributed by atoms with van der Waals surface area (Å²) in [6.45, 7) is 0.823. The van der Waals surface area contributed by atoms with Crippen LogP contribution in [0.3, 0.4) is 0 Å². The van der Waals surface area contributed by atoms with Gasteiger partial charge < -0.3 is 4.90 Å². The van der Waals surface area contributed by atoms with Gasteiger partial charge in [-0.3, -0.25) is 10.1 Å². The number of rotatable bonds is 2. The maximum atomic E-state index is 11.1. The molecule has 1 aromatic rings. The predicted octanol–water partition coefficient (Wildman–Crippen LogP) is 2.81. The molecule has 0 radical (unpaired) electrons. The van der Waals surface area contributed by atoms with Crippen molar-refractivity contribution in [3.05, 3.63) is 21.6 Å². The molecule has 0 spiro atoms. The Balaban J connectivity index is 1.97. The molecule has 0 bridgehead atoms. The van der Waals surface area contributed by atoms with E-state index < -0.39 is 4.92 Å². The van der Waals surface area contributed by atoms with E-state index >= 15 is 0 Å². The van der Waals surface area contributed by atoms with Crippen molar-refractivity contribution in [2.24, 2.45) is 5.92 Å². The SMILES string of the molecule is O=[N+]([O-])c1cnc(Cl)nc1N1CCC2CCCCC21. The monoisotopic (exact) mass is 282 g/mol. The molecule has 2 unspecified atom stereocenters. The summed E-state index contributed by atoms with van der Waals surface area (Å²) in [7, 11) is 0. The second kappa shape index (κ2) is 4.92. The highest BCUT2D eigenvalue weighted by molar-refractivity contribution is 6.28. The van der Waals surface area contributed by atoms with Crippen LogP contribution in [0.5, 0.6) is 0 Å². The fourth-order valence-corrected chi connectivity index (χ4v) is 3.48. The third kappa shape index (κ3) is 2.25. The van der Waals surface area contributed by atoms with Gasteiger partial charge in [-0.2, -0.15) is 4.98 Å². The molecular weight excluding hydrogens is 268 g/mol. The summed E-state index contributed by atoms with van der Waals surface area (Å²) in [5.74, 6) is 1.03. The largest absolute Gasteiger partial charge is 0.347 e. The van der Waals surface area contributed by atoms with Gasteiger partial charge in [-0.25, -0.2) is 4.98 Å². The van der Waals surface area contributed by atoms with Crippen LogP contribution >= 0.6 is 11.6 Å². The molecule has 0 N–H and O–H groups in total. The third-order valence-electron chi connectivity index (χ3n) is 4.20. The summed E-state index contributed by atoms with van der Waals surface area (Å²) in [6, 6.07) is 0.374. The minimum absolute atomic E-state index is 0.0457. The number of nitrogens with zero attached hydrogens (tertiary/aromatic N) is 4. The zero-order valence-electron chi connectivity index (χ0n) is 10.5. The Morgan fingerprint density at radius 2 is 2.16 bits per heavy atom. The Morgan fingerprint density at radius 3 is 2.95 bits per heavy atom. The first-order valence-corrected chi connectivity index (χ1v) is 6.98. The van der Waals surface area contributed by atoms with Crippen LogP contribution in [0.1, 0.15) is 32.1 Å². The molecule has 1 saturated carbocycles. The quantitative estimate of drug-likeness (QED) is 0.474. The Hall–Kier alpha value is -1.43. The number of hydrogen-bond donors (Lipinski definition) is 0. The summed E-state index contributed by atoms with van der Waals surface area (Å²) < 4.78 is 0. The number of halogens is 1. The molecule has 2 atom stereocenters. The van der Waals surface area contributed by atoms with Gasteiger partial charge in [0.05, 0.1) is 4.92 Å². The standard InChI is InChI=1S/C12H15ClN4O2/c13-12-14-7-10(17(18)19)11(15-12)16-6-5-8-3-1-2-4-9(8)16/h7-9H,1-6H2. The van der Waals surface area contributed by atoms with Gasteiger partial charge in [0.25, 0.3) is 0 Å². The van der Waals surface area contributed by atoms with Crippen LogP contribution in [-0.2, 0) is 0 Å². The fraction of sp³-hybridized carbons (Fsp3) is 0.667. The van der Waals surface area contributed by atoms with Crippen LogP contribution in [-0.4, -0.2) is 27.5 Å². The number of anilines is 1. The minimum Gasteiger partial charge on any atom is -0.347 e. The van der Waals surface area contributed by atoms with Crippen molar-refractivity contribution in [2.75, 3.05) is 11.4 Å². The van der Waals surface area contributed by atoms with Gasteiger partial charge in [0.1, 0.15) is 6.20 Å². The van der Waals surface area contributed by atoms with Crippen LogP contribution in [0.4, 0.5) is 11.5 Å². The van der Waals surface area contributed by atoms with Crippen LogP contribution in [0, 0.1) is 16.0 Å². The van der Waals surface area contributed by atoms with Gasteiger partial charge in [-0.15, -0.1) is 0 Å². The Bertz CT molecular complexity index is 511. The van der Waals surface area contributed by atoms with E-state index in [4.69, 9.17) is 11.6 Å². The Kier molecular flexibility index (Phi) is 3.26. The highest BCUT2D eigenvalue weighted by atomic mass is 35.5. The maximum absolute atomic E-state index is 11.1. The number of nitro groups is 1. The highest BCUT2D eigenvalue weighted by Crippen LogP contribution is 2.40. The molecule has 102 valence electrons. The van der Waals surface area contributed by atoms with Crippen molar-refractivity contribution in [3.8, 4) is 0 Å². The highest BCUT2D eigenvalue weighted by Gasteiger charge is 2.39. The van der Waals surface area contributed by atoms with Gasteiger partial charge in [-0.05, 0) is 36.8 Å². The van der Waals surface area contributed by atoms with Gasteiger partial charge in [0.2, 0.25) is 11.1 Å². The van der Waals surface area contributed by atoms with Gasteiger partial charge >= 0.3 is 5.69 Å². The van der Waals surface area contributed by atoms with Crippen molar-refractivity contribution in [1.29, 1.82) is 0 Å². The molecular formula is C12H15ClN4O2. The molecule has 1 aromatic heterocycles. The van der Waals surface area contributed by atoms with Crippen molar-refractivity contribution in [1.82, 2.24) is 9.97 Å². The van der Waals surface area contributed by atoms with Crippen molar-refractivity contribution in [3.63, 3.8) is 0 Å². The lowest BCUT2D eigenvalue weighted by Gasteiger charge is -2.31. The molecule has 0 aromatic carbocycles. The summed E-state index contributed by atoms with van der Waals surface area (Å²) >= 11 is 5.80. The number of fused-ring (bicyclic) bond motifs is 1. The van der Waals surface area contributed by atoms with Gasteiger partial charge in [0.15, 0.2) is 0 Å². The first-order valence-electron chi connectivity index (χ1n) is 6.60. The summed E-state index contributed by atoms with van der Waals surface area (Å²) in [4.78, 5) is 20.6. The van der Waals surface area contributed by atoms with Gasteiger partial charge in [-0.1, -0.05) is 12.8 Å². The van der Waals surface area contributed by atoms with E-state index in [0.717, 1.165) is 19.4 Å². The molecule has 0 amide bonds. The van der Waals surface area contributed by atoms with Crippen LogP contribution in [0.2, 0.25) is 5.28 Å². The van der Waals surface area contributed by atoms with E-state index in [-0.39, 0.29) is 11.0 Å². The lowest BCUT2D eigenvalue weighted by atomic mass is 9.85. The zero-order valence-corrected chi connectivity index (χ0v) is 11.2. The van der Waals surface area contributed by atoms with Crippen LogP contribution in [0.25, 0.3) is 0 Å². The first kappa shape index (κ1) is 12.6. The molecule has 2 fully saturated rings. The average molecular weight is 283 g/mol. The second-order valence-electron chi connectivity index (χ2n) is 5.20. The zero-order chi connectivity index (χ0) is 13.4. The first-order chi connectivity index (χ1) is 9.16. The summed E-state index contributed by atoms with van der Waals surface area (Å²) in [6.07, 6.45) is 7.05. The van der Waals surface area contributed by atoms with Crippen LogP contribution in [0.15, 0.2) is 6.20 Å². The average Bonchev–Trinajstić information content (AvgIpc) is 2.82. The molecule has 19 heavy (non-hydrogen) atoms. The molecule has 1 saturated heterocycles. The Labute approximate surface area is 115 Å². The van der Waals surface area contributed by atoms with Crippen molar-refractivity contribution >= 4 is 23.1 Å². The molecule has 1 aliphatic carbocycles. The van der Waals surface area contributed by atoms with E-state index in [9.17, 15) is 10.1 Å². The van der Waals surface area contributed by atoms with Crippen LogP contribution < -0.4 is 4.90 Å². The topological polar surface area (TPSA) is 72.2 Å². The van der Waals surface area contributed by atoms with E-state index in [1.165, 1.54) is 25.5 Å². The number of hydrogen-bond acceptors (Lipinski definition) is 5. The predicted molar refractivity (Wildman–Crippen MR) is 71.4 cm³/mol. The lowest BCUT2D eigenvalue weighted by molar-refractivity contribution is -0.384. The number of aromatic nitrogens is 2. The van der Waals surface area contributed by atoms with Gasteiger partial charge in [0, 0.05) is 12.6 Å². The van der Waals surface area contributed by atoms with Crippen molar-refractivity contribution < 1.29 is 4.92 Å². The maximum Gasteiger partial charge on any atom is 0.329 e. The molecule has 1 aliphatic heterocycles. The van der Waals surface area contributed by atoms with E-state index in [1.807, 2.05) is 0 Å². The van der Waals surface area contributed by atoms with E-state index in [0.29, 0.717) is 17.8 Å². The summed E-state index contributed by atoms with van der Waals surface area (Å²) in [5.41, 5.74) is -0.0457. The smallest absolute Gasteiger partial charge is 0.329 e. The third-order valence-corrected chi connectivity index (χ3v) is 4.38. The normalized spacial score (nSPS) is 26.3. The molecule has 7 heteroatoms. The molecule has 2 heterocycles.